The Bertz CT molecular complexity index is 532. The molecule has 2 fully saturated rings. The van der Waals surface area contributed by atoms with Crippen molar-refractivity contribution in [2.45, 2.75) is 44.8 Å². The highest BCUT2D eigenvalue weighted by atomic mass is 16.5. The number of nitrogens with one attached hydrogen (secondary N) is 1. The Morgan fingerprint density at radius 2 is 2.24 bits per heavy atom. The second-order valence-corrected chi connectivity index (χ2v) is 5.86. The van der Waals surface area contributed by atoms with Gasteiger partial charge in [0.1, 0.15) is 5.82 Å². The van der Waals surface area contributed by atoms with Gasteiger partial charge in [-0.3, -0.25) is 0 Å². The lowest BCUT2D eigenvalue weighted by atomic mass is 9.82. The van der Waals surface area contributed by atoms with E-state index in [1.54, 1.807) is 6.07 Å². The van der Waals surface area contributed by atoms with Gasteiger partial charge in [-0.1, -0.05) is 0 Å². The monoisotopic (exact) mass is 290 g/mol. The first-order valence-corrected chi connectivity index (χ1v) is 7.63. The maximum Gasteiger partial charge on any atom is 0.339 e. The molecule has 0 spiro atoms. The van der Waals surface area contributed by atoms with Crippen LogP contribution in [0.25, 0.3) is 0 Å². The quantitative estimate of drug-likeness (QED) is 0.867. The number of carbonyl (C=O) groups is 1. The van der Waals surface area contributed by atoms with E-state index in [4.69, 9.17) is 9.47 Å². The molecular weight excluding hydrogens is 268 g/mol. The van der Waals surface area contributed by atoms with E-state index in [9.17, 15) is 4.79 Å². The largest absolute Gasteiger partial charge is 0.465 e. The summed E-state index contributed by atoms with van der Waals surface area (Å²) in [6, 6.07) is 4.06. The second-order valence-electron chi connectivity index (χ2n) is 5.86. The summed E-state index contributed by atoms with van der Waals surface area (Å²) in [5.41, 5.74) is 1.22. The van der Waals surface area contributed by atoms with Crippen molar-refractivity contribution in [3.8, 4) is 0 Å². The second kappa shape index (κ2) is 6.02. The summed E-state index contributed by atoms with van der Waals surface area (Å²) in [6.45, 7) is 2.71. The van der Waals surface area contributed by atoms with E-state index in [0.29, 0.717) is 29.3 Å². The van der Waals surface area contributed by atoms with E-state index in [0.717, 1.165) is 25.3 Å². The third kappa shape index (κ3) is 2.88. The van der Waals surface area contributed by atoms with Crippen LogP contribution < -0.4 is 5.32 Å². The van der Waals surface area contributed by atoms with Crippen molar-refractivity contribution in [1.82, 2.24) is 4.98 Å². The minimum atomic E-state index is -0.339. The third-order valence-corrected chi connectivity index (χ3v) is 4.61. The number of aromatic nitrogens is 1. The van der Waals surface area contributed by atoms with Crippen molar-refractivity contribution >= 4 is 11.8 Å². The molecule has 3 atom stereocenters. The standard InChI is InChI=1S/C16H22N2O3/c1-10-11(16(19)20-2)6-7-15(17-10)18-13-4-3-5-14-12(13)8-9-21-14/h6-7,12-14H,3-5,8-9H2,1-2H3,(H,17,18). The molecule has 3 unspecified atom stereocenters. The van der Waals surface area contributed by atoms with Gasteiger partial charge in [0.25, 0.3) is 0 Å². The molecule has 1 aromatic rings. The molecule has 5 heteroatoms. The number of anilines is 1. The zero-order chi connectivity index (χ0) is 14.8. The first-order chi connectivity index (χ1) is 10.2. The van der Waals surface area contributed by atoms with Crippen LogP contribution in [0.3, 0.4) is 0 Å². The molecule has 1 saturated heterocycles. The maximum absolute atomic E-state index is 11.6. The molecule has 0 bridgehead atoms. The van der Waals surface area contributed by atoms with Crippen LogP contribution in [0.4, 0.5) is 5.82 Å². The van der Waals surface area contributed by atoms with Crippen LogP contribution in [0.2, 0.25) is 0 Å². The van der Waals surface area contributed by atoms with E-state index >= 15 is 0 Å². The highest BCUT2D eigenvalue weighted by Crippen LogP contribution is 2.35. The fourth-order valence-electron chi connectivity index (χ4n) is 3.51. The van der Waals surface area contributed by atoms with Gasteiger partial charge in [-0.05, 0) is 44.7 Å². The summed E-state index contributed by atoms with van der Waals surface area (Å²) >= 11 is 0. The van der Waals surface area contributed by atoms with Gasteiger partial charge in [-0.15, -0.1) is 0 Å². The van der Waals surface area contributed by atoms with Crippen molar-refractivity contribution in [3.05, 3.63) is 23.4 Å². The molecule has 1 saturated carbocycles. The van der Waals surface area contributed by atoms with E-state index in [2.05, 4.69) is 10.3 Å². The molecule has 3 rings (SSSR count). The fraction of sp³-hybridized carbons (Fsp3) is 0.625. The van der Waals surface area contributed by atoms with Crippen LogP contribution in [0.15, 0.2) is 12.1 Å². The van der Waals surface area contributed by atoms with Gasteiger partial charge in [-0.2, -0.15) is 0 Å². The van der Waals surface area contributed by atoms with E-state index < -0.39 is 0 Å². The molecule has 21 heavy (non-hydrogen) atoms. The van der Waals surface area contributed by atoms with Gasteiger partial charge in [0.15, 0.2) is 0 Å². The first kappa shape index (κ1) is 14.3. The topological polar surface area (TPSA) is 60.5 Å². The average molecular weight is 290 g/mol. The Balaban J connectivity index is 1.73. The van der Waals surface area contributed by atoms with Crippen molar-refractivity contribution in [1.29, 1.82) is 0 Å². The van der Waals surface area contributed by atoms with Gasteiger partial charge in [0.05, 0.1) is 24.5 Å². The minimum Gasteiger partial charge on any atom is -0.465 e. The van der Waals surface area contributed by atoms with Crippen molar-refractivity contribution in [2.24, 2.45) is 5.92 Å². The molecule has 5 nitrogen and oxygen atoms in total. The highest BCUT2D eigenvalue weighted by Gasteiger charge is 2.37. The zero-order valence-electron chi connectivity index (χ0n) is 12.6. The average Bonchev–Trinajstić information content (AvgIpc) is 2.96. The fourth-order valence-corrected chi connectivity index (χ4v) is 3.51. The molecule has 1 aliphatic heterocycles. The van der Waals surface area contributed by atoms with Crippen molar-refractivity contribution < 1.29 is 14.3 Å². The zero-order valence-corrected chi connectivity index (χ0v) is 12.6. The van der Waals surface area contributed by atoms with E-state index in [-0.39, 0.29) is 5.97 Å². The number of fused-ring (bicyclic) bond motifs is 1. The molecule has 2 heterocycles. The maximum atomic E-state index is 11.6. The number of hydrogen-bond acceptors (Lipinski definition) is 5. The lowest BCUT2D eigenvalue weighted by Crippen LogP contribution is -2.38. The number of pyridine rings is 1. The predicted molar refractivity (Wildman–Crippen MR) is 79.4 cm³/mol. The Morgan fingerprint density at radius 1 is 1.38 bits per heavy atom. The van der Waals surface area contributed by atoms with Crippen LogP contribution in [0.1, 0.15) is 41.7 Å². The number of carbonyl (C=O) groups excluding carboxylic acids is 1. The van der Waals surface area contributed by atoms with Crippen LogP contribution >= 0.6 is 0 Å². The molecule has 0 amide bonds. The molecule has 0 radical (unpaired) electrons. The number of rotatable bonds is 3. The number of hydrogen-bond donors (Lipinski definition) is 1. The van der Waals surface area contributed by atoms with Gasteiger partial charge < -0.3 is 14.8 Å². The Morgan fingerprint density at radius 3 is 3.00 bits per heavy atom. The summed E-state index contributed by atoms with van der Waals surface area (Å²) in [5, 5.41) is 3.53. The van der Waals surface area contributed by atoms with Gasteiger partial charge in [0, 0.05) is 18.6 Å². The van der Waals surface area contributed by atoms with E-state index in [1.807, 2.05) is 13.0 Å². The lowest BCUT2D eigenvalue weighted by Gasteiger charge is -2.33. The summed E-state index contributed by atoms with van der Waals surface area (Å²) in [6.07, 6.45) is 5.06. The van der Waals surface area contributed by atoms with Crippen LogP contribution in [-0.2, 0) is 9.47 Å². The summed E-state index contributed by atoms with van der Waals surface area (Å²) < 4.78 is 10.5. The SMILES string of the molecule is COC(=O)c1ccc(NC2CCCC3OCCC23)nc1C. The molecule has 2 aliphatic rings. The summed E-state index contributed by atoms with van der Waals surface area (Å²) in [4.78, 5) is 16.1. The number of aryl methyl sites for hydroxylation is 1. The normalized spacial score (nSPS) is 28.0. The van der Waals surface area contributed by atoms with Crippen LogP contribution in [0, 0.1) is 12.8 Å². The molecule has 114 valence electrons. The van der Waals surface area contributed by atoms with Crippen molar-refractivity contribution in [3.63, 3.8) is 0 Å². The van der Waals surface area contributed by atoms with Gasteiger partial charge in [0.2, 0.25) is 0 Å². The van der Waals surface area contributed by atoms with Crippen molar-refractivity contribution in [2.75, 3.05) is 19.0 Å². The molecule has 1 aromatic heterocycles. The smallest absolute Gasteiger partial charge is 0.339 e. The Kier molecular flexibility index (Phi) is 4.10. The Labute approximate surface area is 125 Å². The molecule has 1 N–H and O–H groups in total. The third-order valence-electron chi connectivity index (χ3n) is 4.61. The Hall–Kier alpha value is -1.62. The molecular formula is C16H22N2O3. The highest BCUT2D eigenvalue weighted by molar-refractivity contribution is 5.90. The van der Waals surface area contributed by atoms with Crippen LogP contribution in [-0.4, -0.2) is 36.8 Å². The minimum absolute atomic E-state index is 0.339. The summed E-state index contributed by atoms with van der Waals surface area (Å²) in [5.74, 6) is 1.08. The van der Waals surface area contributed by atoms with Gasteiger partial charge in [-0.25, -0.2) is 9.78 Å². The predicted octanol–water partition coefficient (Wildman–Crippen LogP) is 2.55. The lowest BCUT2D eigenvalue weighted by molar-refractivity contribution is 0.0599. The number of ether oxygens (including phenoxy) is 2. The molecule has 1 aliphatic carbocycles. The first-order valence-electron chi connectivity index (χ1n) is 7.63. The van der Waals surface area contributed by atoms with Crippen LogP contribution in [0.5, 0.6) is 0 Å². The number of nitrogens with zero attached hydrogens (tertiary/aromatic N) is 1. The van der Waals surface area contributed by atoms with Gasteiger partial charge >= 0.3 is 5.97 Å². The number of methoxy groups -OCH3 is 1. The number of esters is 1. The van der Waals surface area contributed by atoms with E-state index in [1.165, 1.54) is 20.0 Å². The summed E-state index contributed by atoms with van der Waals surface area (Å²) in [7, 11) is 1.39. The molecule has 0 aromatic carbocycles.